The van der Waals surface area contributed by atoms with Gasteiger partial charge in [-0.25, -0.2) is 9.97 Å². The molecular formula is C24H27ClN6O3. The van der Waals surface area contributed by atoms with E-state index in [2.05, 4.69) is 24.9 Å². The molecule has 2 fully saturated rings. The van der Waals surface area contributed by atoms with E-state index in [1.165, 1.54) is 0 Å². The first kappa shape index (κ1) is 22.6. The van der Waals surface area contributed by atoms with Crippen molar-refractivity contribution in [1.29, 1.82) is 0 Å². The van der Waals surface area contributed by atoms with Crippen LogP contribution in [0, 0.1) is 13.8 Å². The zero-order chi connectivity index (χ0) is 23.7. The van der Waals surface area contributed by atoms with Gasteiger partial charge in [0.2, 0.25) is 0 Å². The van der Waals surface area contributed by atoms with Crippen molar-refractivity contribution in [1.82, 2.24) is 20.0 Å². The third-order valence-corrected chi connectivity index (χ3v) is 6.57. The lowest BCUT2D eigenvalue weighted by molar-refractivity contribution is 0.0745. The van der Waals surface area contributed by atoms with Gasteiger partial charge in [-0.05, 0) is 19.9 Å². The standard InChI is InChI=1S/C24H27ClN6O3/c1-16-22(23(28-34-16)18-5-3-4-6-19(18)25)24(32)31-9-7-29(8-10-31)20-15-21(27-17(2)26-20)30-11-13-33-14-12-30/h3-6,15H,7-14H2,1-2H3. The van der Waals surface area contributed by atoms with Gasteiger partial charge in [-0.3, -0.25) is 4.79 Å². The molecule has 0 N–H and O–H groups in total. The highest BCUT2D eigenvalue weighted by Crippen LogP contribution is 2.32. The normalized spacial score (nSPS) is 16.7. The van der Waals surface area contributed by atoms with Crippen LogP contribution in [0.1, 0.15) is 21.9 Å². The van der Waals surface area contributed by atoms with Crippen molar-refractivity contribution in [3.05, 3.63) is 52.5 Å². The SMILES string of the molecule is Cc1nc(N2CCOCC2)cc(N2CCN(C(=O)c3c(-c4ccccc4Cl)noc3C)CC2)n1. The number of aryl methyl sites for hydroxylation is 2. The van der Waals surface area contributed by atoms with Crippen molar-refractivity contribution < 1.29 is 14.1 Å². The number of morpholine rings is 1. The van der Waals surface area contributed by atoms with Gasteiger partial charge in [0.25, 0.3) is 5.91 Å². The molecule has 2 aliphatic heterocycles. The number of benzene rings is 1. The fraction of sp³-hybridized carbons (Fsp3) is 0.417. The molecule has 0 unspecified atom stereocenters. The Bertz CT molecular complexity index is 1190. The maximum absolute atomic E-state index is 13.5. The molecule has 5 rings (SSSR count). The first-order valence-corrected chi connectivity index (χ1v) is 11.8. The average Bonchev–Trinajstić information content (AvgIpc) is 3.25. The molecule has 1 aromatic carbocycles. The lowest BCUT2D eigenvalue weighted by atomic mass is 10.0. The number of rotatable bonds is 4. The fourth-order valence-corrected chi connectivity index (χ4v) is 4.64. The molecule has 0 saturated carbocycles. The fourth-order valence-electron chi connectivity index (χ4n) is 4.41. The Kier molecular flexibility index (Phi) is 6.38. The van der Waals surface area contributed by atoms with E-state index in [0.29, 0.717) is 67.0 Å². The van der Waals surface area contributed by atoms with Gasteiger partial charge in [0.15, 0.2) is 0 Å². The topological polar surface area (TPSA) is 87.8 Å². The second-order valence-corrected chi connectivity index (χ2v) is 8.86. The Balaban J connectivity index is 1.31. The molecule has 0 bridgehead atoms. The summed E-state index contributed by atoms with van der Waals surface area (Å²) in [6.07, 6.45) is 0. The van der Waals surface area contributed by atoms with Crippen LogP contribution in [0.15, 0.2) is 34.9 Å². The van der Waals surface area contributed by atoms with Crippen molar-refractivity contribution in [2.45, 2.75) is 13.8 Å². The predicted molar refractivity (Wildman–Crippen MR) is 130 cm³/mol. The third-order valence-electron chi connectivity index (χ3n) is 6.24. The molecule has 1 amide bonds. The summed E-state index contributed by atoms with van der Waals surface area (Å²) in [6, 6.07) is 9.38. The van der Waals surface area contributed by atoms with Crippen molar-refractivity contribution in [3.63, 3.8) is 0 Å². The van der Waals surface area contributed by atoms with E-state index in [0.717, 1.165) is 30.5 Å². The van der Waals surface area contributed by atoms with Crippen molar-refractivity contribution >= 4 is 29.1 Å². The quantitative estimate of drug-likeness (QED) is 0.560. The number of carbonyl (C=O) groups is 1. The number of ether oxygens (including phenoxy) is 1. The van der Waals surface area contributed by atoms with E-state index in [1.54, 1.807) is 13.0 Å². The van der Waals surface area contributed by atoms with Gasteiger partial charge in [-0.2, -0.15) is 0 Å². The second-order valence-electron chi connectivity index (χ2n) is 8.45. The van der Waals surface area contributed by atoms with E-state index in [9.17, 15) is 4.79 Å². The average molecular weight is 483 g/mol. The summed E-state index contributed by atoms with van der Waals surface area (Å²) in [4.78, 5) is 29.0. The van der Waals surface area contributed by atoms with Crippen LogP contribution in [-0.4, -0.2) is 78.4 Å². The summed E-state index contributed by atoms with van der Waals surface area (Å²) in [5, 5.41) is 4.67. The summed E-state index contributed by atoms with van der Waals surface area (Å²) in [5.41, 5.74) is 1.64. The third kappa shape index (κ3) is 4.45. The summed E-state index contributed by atoms with van der Waals surface area (Å²) in [6.45, 7) is 9.23. The largest absolute Gasteiger partial charge is 0.378 e. The number of aromatic nitrogens is 3. The van der Waals surface area contributed by atoms with Crippen LogP contribution < -0.4 is 9.80 Å². The highest BCUT2D eigenvalue weighted by Gasteiger charge is 2.30. The van der Waals surface area contributed by atoms with Crippen LogP contribution in [0.25, 0.3) is 11.3 Å². The summed E-state index contributed by atoms with van der Waals surface area (Å²) in [5.74, 6) is 2.94. The molecule has 34 heavy (non-hydrogen) atoms. The van der Waals surface area contributed by atoms with Gasteiger partial charge in [0.1, 0.15) is 34.5 Å². The first-order valence-electron chi connectivity index (χ1n) is 11.4. The minimum absolute atomic E-state index is 0.0961. The van der Waals surface area contributed by atoms with Crippen LogP contribution >= 0.6 is 11.6 Å². The zero-order valence-electron chi connectivity index (χ0n) is 19.3. The van der Waals surface area contributed by atoms with E-state index in [-0.39, 0.29) is 5.91 Å². The molecule has 10 heteroatoms. The Labute approximate surface area is 203 Å². The molecule has 0 spiro atoms. The maximum Gasteiger partial charge on any atom is 0.259 e. The molecule has 2 saturated heterocycles. The van der Waals surface area contributed by atoms with Gasteiger partial charge in [0.05, 0.1) is 18.2 Å². The number of hydrogen-bond donors (Lipinski definition) is 0. The summed E-state index contributed by atoms with van der Waals surface area (Å²) < 4.78 is 10.9. The van der Waals surface area contributed by atoms with Crippen LogP contribution in [-0.2, 0) is 4.74 Å². The number of nitrogens with zero attached hydrogens (tertiary/aromatic N) is 6. The number of anilines is 2. The Morgan fingerprint density at radius 3 is 2.26 bits per heavy atom. The summed E-state index contributed by atoms with van der Waals surface area (Å²) in [7, 11) is 0. The second kappa shape index (κ2) is 9.60. The molecule has 0 radical (unpaired) electrons. The van der Waals surface area contributed by atoms with Gasteiger partial charge >= 0.3 is 0 Å². The molecule has 178 valence electrons. The first-order chi connectivity index (χ1) is 16.5. The number of hydrogen-bond acceptors (Lipinski definition) is 8. The molecule has 0 aliphatic carbocycles. The van der Waals surface area contributed by atoms with E-state index in [4.69, 9.17) is 20.9 Å². The molecule has 4 heterocycles. The smallest absolute Gasteiger partial charge is 0.259 e. The summed E-state index contributed by atoms with van der Waals surface area (Å²) >= 11 is 6.36. The molecule has 2 aliphatic rings. The molecule has 2 aromatic heterocycles. The van der Waals surface area contributed by atoms with Gasteiger partial charge in [0, 0.05) is 50.9 Å². The maximum atomic E-state index is 13.5. The number of piperazine rings is 1. The molecule has 0 atom stereocenters. The minimum atomic E-state index is -0.0961. The van der Waals surface area contributed by atoms with Crippen LogP contribution in [0.5, 0.6) is 0 Å². The molecule has 9 nitrogen and oxygen atoms in total. The van der Waals surface area contributed by atoms with Gasteiger partial charge < -0.3 is 24.0 Å². The highest BCUT2D eigenvalue weighted by atomic mass is 35.5. The van der Waals surface area contributed by atoms with E-state index >= 15 is 0 Å². The lowest BCUT2D eigenvalue weighted by Gasteiger charge is -2.36. The van der Waals surface area contributed by atoms with Crippen LogP contribution in [0.3, 0.4) is 0 Å². The number of halogens is 1. The molecular weight excluding hydrogens is 456 g/mol. The zero-order valence-corrected chi connectivity index (χ0v) is 20.1. The monoisotopic (exact) mass is 482 g/mol. The number of carbonyl (C=O) groups excluding carboxylic acids is 1. The lowest BCUT2D eigenvalue weighted by Crippen LogP contribution is -2.49. The van der Waals surface area contributed by atoms with Crippen molar-refractivity contribution in [3.8, 4) is 11.3 Å². The van der Waals surface area contributed by atoms with Gasteiger partial charge in [-0.1, -0.05) is 35.0 Å². The van der Waals surface area contributed by atoms with E-state index in [1.807, 2.05) is 36.1 Å². The Morgan fingerprint density at radius 1 is 0.941 bits per heavy atom. The van der Waals surface area contributed by atoms with Crippen molar-refractivity contribution in [2.24, 2.45) is 0 Å². The molecule has 3 aromatic rings. The Morgan fingerprint density at radius 2 is 1.59 bits per heavy atom. The van der Waals surface area contributed by atoms with E-state index < -0.39 is 0 Å². The van der Waals surface area contributed by atoms with Gasteiger partial charge in [-0.15, -0.1) is 0 Å². The minimum Gasteiger partial charge on any atom is -0.378 e. The van der Waals surface area contributed by atoms with Crippen LogP contribution in [0.4, 0.5) is 11.6 Å². The Hall–Kier alpha value is -3.17. The number of amides is 1. The highest BCUT2D eigenvalue weighted by molar-refractivity contribution is 6.33. The van der Waals surface area contributed by atoms with Crippen LogP contribution in [0.2, 0.25) is 5.02 Å². The predicted octanol–water partition coefficient (Wildman–Crippen LogP) is 3.20. The van der Waals surface area contributed by atoms with Crippen molar-refractivity contribution in [2.75, 3.05) is 62.3 Å².